The van der Waals surface area contributed by atoms with Crippen LogP contribution in [0.4, 0.5) is 0 Å². The van der Waals surface area contributed by atoms with Gasteiger partial charge in [0.1, 0.15) is 6.26 Å². The molecule has 0 saturated heterocycles. The monoisotopic (exact) mass is 149 g/mol. The number of hydrogen-bond acceptors (Lipinski definition) is 2. The zero-order chi connectivity index (χ0) is 3.54. The molecule has 34 valence electrons. The van der Waals surface area contributed by atoms with Crippen molar-refractivity contribution in [3.63, 3.8) is 0 Å². The van der Waals surface area contributed by atoms with Gasteiger partial charge in [-0.2, -0.15) is 0 Å². The summed E-state index contributed by atoms with van der Waals surface area (Å²) in [5.74, 6) is 0. The van der Waals surface area contributed by atoms with E-state index in [0.29, 0.717) is 0 Å². The van der Waals surface area contributed by atoms with Crippen LogP contribution in [0.3, 0.4) is 0 Å². The maximum Gasteiger partial charge on any atom is 0.123 e. The fourth-order valence-electron chi connectivity index (χ4n) is 0.176. The Morgan fingerprint density at radius 2 is 2.33 bits per heavy atom. The Kier molecular flexibility index (Phi) is 2.75. The van der Waals surface area contributed by atoms with Gasteiger partial charge in [-0.25, -0.2) is 0 Å². The van der Waals surface area contributed by atoms with Gasteiger partial charge in [0.05, 0.1) is 6.20 Å². The minimum absolute atomic E-state index is 0. The number of aromatic nitrogens is 1. The maximum absolute atomic E-state index is 4.33. The quantitative estimate of drug-likeness (QED) is 0.556. The molecule has 1 heterocycles. The van der Waals surface area contributed by atoms with Crippen LogP contribution >= 0.6 is 17.0 Å². The normalized spacial score (nSPS) is 6.67. The van der Waals surface area contributed by atoms with Crippen molar-refractivity contribution in [1.82, 2.24) is 5.16 Å². The predicted molar refractivity (Wildman–Crippen MR) is 26.8 cm³/mol. The van der Waals surface area contributed by atoms with Crippen molar-refractivity contribution in [2.24, 2.45) is 0 Å². The first-order valence-electron chi connectivity index (χ1n) is 1.34. The number of nitrogens with zero attached hydrogens (tertiary/aromatic N) is 1. The first kappa shape index (κ1) is 5.69. The van der Waals surface area contributed by atoms with Crippen LogP contribution in [0.5, 0.6) is 0 Å². The minimum atomic E-state index is 0. The van der Waals surface area contributed by atoms with Gasteiger partial charge in [0, 0.05) is 0 Å². The van der Waals surface area contributed by atoms with E-state index >= 15 is 0 Å². The van der Waals surface area contributed by atoms with E-state index in [9.17, 15) is 0 Å². The Morgan fingerprint density at radius 3 is 2.50 bits per heavy atom. The van der Waals surface area contributed by atoms with E-state index in [-0.39, 0.29) is 17.0 Å². The number of hydrogen-bond donors (Lipinski definition) is 0. The molecule has 0 amide bonds. The zero-order valence-corrected chi connectivity index (χ0v) is 4.71. The van der Waals surface area contributed by atoms with Crippen molar-refractivity contribution < 1.29 is 4.52 Å². The van der Waals surface area contributed by atoms with E-state index in [0.717, 1.165) is 0 Å². The van der Waals surface area contributed by atoms with Gasteiger partial charge in [-0.1, -0.05) is 5.16 Å². The second-order valence-corrected chi connectivity index (χ2v) is 0.688. The molecule has 0 aliphatic carbocycles. The molecule has 0 saturated carbocycles. The van der Waals surface area contributed by atoms with Gasteiger partial charge in [0.15, 0.2) is 0 Å². The summed E-state index contributed by atoms with van der Waals surface area (Å²) in [5, 5.41) is 3.35. The van der Waals surface area contributed by atoms with E-state index in [4.69, 9.17) is 0 Å². The van der Waals surface area contributed by atoms with Crippen molar-refractivity contribution in [2.75, 3.05) is 0 Å². The van der Waals surface area contributed by atoms with Crippen LogP contribution in [0.25, 0.3) is 0 Å². The molecule has 0 aromatic carbocycles. The lowest BCUT2D eigenvalue weighted by Crippen LogP contribution is -1.38. The summed E-state index contributed by atoms with van der Waals surface area (Å²) >= 11 is 0. The van der Waals surface area contributed by atoms with E-state index in [1.807, 2.05) is 0 Å². The summed E-state index contributed by atoms with van der Waals surface area (Å²) < 4.78 is 4.33. The Bertz CT molecular complexity index is 67.3. The third-order valence-electron chi connectivity index (χ3n) is 0.347. The van der Waals surface area contributed by atoms with Gasteiger partial charge in [-0.15, -0.1) is 17.0 Å². The van der Waals surface area contributed by atoms with Gasteiger partial charge in [-0.05, 0) is 6.07 Å². The van der Waals surface area contributed by atoms with Crippen LogP contribution in [-0.2, 0) is 0 Å². The number of rotatable bonds is 0. The largest absolute Gasteiger partial charge is 0.365 e. The van der Waals surface area contributed by atoms with Crippen LogP contribution in [-0.4, -0.2) is 5.16 Å². The molecule has 0 unspecified atom stereocenters. The van der Waals surface area contributed by atoms with Crippen molar-refractivity contribution in [3.8, 4) is 0 Å². The van der Waals surface area contributed by atoms with Gasteiger partial charge in [-0.3, -0.25) is 0 Å². The Balaban J connectivity index is 0.000000250. The second-order valence-electron chi connectivity index (χ2n) is 0.688. The fraction of sp³-hybridized carbons (Fsp3) is 0. The lowest BCUT2D eigenvalue weighted by atomic mass is 10.8. The van der Waals surface area contributed by atoms with Gasteiger partial charge in [0.25, 0.3) is 0 Å². The van der Waals surface area contributed by atoms with Gasteiger partial charge >= 0.3 is 0 Å². The van der Waals surface area contributed by atoms with Crippen LogP contribution in [0.15, 0.2) is 23.0 Å². The predicted octanol–water partition coefficient (Wildman–Crippen LogP) is 1.25. The molecule has 0 aliphatic heterocycles. The summed E-state index contributed by atoms with van der Waals surface area (Å²) in [5.41, 5.74) is 0. The van der Waals surface area contributed by atoms with Crippen molar-refractivity contribution in [1.29, 1.82) is 0 Å². The topological polar surface area (TPSA) is 26.0 Å². The molecular formula is C3H4BrNO. The molecular weight excluding hydrogens is 146 g/mol. The Morgan fingerprint density at radius 1 is 1.50 bits per heavy atom. The Labute approximate surface area is 45.9 Å². The standard InChI is InChI=1S/C3H3NO.BrH/c1-2-4-5-3-1;/h1-3H;1H. The third kappa shape index (κ3) is 1.21. The van der Waals surface area contributed by atoms with Crippen LogP contribution in [0.1, 0.15) is 0 Å². The maximum atomic E-state index is 4.33. The first-order valence-corrected chi connectivity index (χ1v) is 1.34. The highest BCUT2D eigenvalue weighted by molar-refractivity contribution is 8.93. The van der Waals surface area contributed by atoms with Gasteiger partial charge in [0.2, 0.25) is 0 Å². The molecule has 0 atom stereocenters. The van der Waals surface area contributed by atoms with Crippen LogP contribution < -0.4 is 0 Å². The summed E-state index contributed by atoms with van der Waals surface area (Å²) in [6.45, 7) is 0. The average Bonchev–Trinajstić information content (AvgIpc) is 1.76. The van der Waals surface area contributed by atoms with Crippen LogP contribution in [0, 0.1) is 0 Å². The van der Waals surface area contributed by atoms with E-state index in [1.54, 1.807) is 12.3 Å². The highest BCUT2D eigenvalue weighted by Gasteiger charge is 1.60. The molecule has 0 N–H and O–H groups in total. The van der Waals surface area contributed by atoms with E-state index in [2.05, 4.69) is 9.68 Å². The summed E-state index contributed by atoms with van der Waals surface area (Å²) in [6.07, 6.45) is 3.10. The highest BCUT2D eigenvalue weighted by atomic mass is 79.9. The average molecular weight is 150 g/mol. The van der Waals surface area contributed by atoms with Crippen molar-refractivity contribution in [2.45, 2.75) is 0 Å². The first-order chi connectivity index (χ1) is 2.50. The fourth-order valence-corrected chi connectivity index (χ4v) is 0.176. The van der Waals surface area contributed by atoms with Crippen LogP contribution in [0.2, 0.25) is 0 Å². The molecule has 0 spiro atoms. The summed E-state index contributed by atoms with van der Waals surface area (Å²) in [4.78, 5) is 0. The van der Waals surface area contributed by atoms with E-state index in [1.165, 1.54) is 6.26 Å². The summed E-state index contributed by atoms with van der Waals surface area (Å²) in [6, 6.07) is 1.72. The van der Waals surface area contributed by atoms with Crippen molar-refractivity contribution >= 4 is 17.0 Å². The highest BCUT2D eigenvalue weighted by Crippen LogP contribution is 1.72. The molecule has 0 aliphatic rings. The molecule has 0 fully saturated rings. The SMILES string of the molecule is Br.c1cnoc1. The summed E-state index contributed by atoms with van der Waals surface area (Å²) in [7, 11) is 0. The third-order valence-corrected chi connectivity index (χ3v) is 0.347. The van der Waals surface area contributed by atoms with Gasteiger partial charge < -0.3 is 4.52 Å². The Hall–Kier alpha value is -0.310. The number of halogens is 1. The lowest BCUT2D eigenvalue weighted by molar-refractivity contribution is 0.420. The lowest BCUT2D eigenvalue weighted by Gasteiger charge is -1.48. The molecule has 1 aromatic rings. The minimum Gasteiger partial charge on any atom is -0.365 e. The zero-order valence-electron chi connectivity index (χ0n) is 3.00. The molecule has 1 rings (SSSR count). The molecule has 6 heavy (non-hydrogen) atoms. The van der Waals surface area contributed by atoms with Crippen molar-refractivity contribution in [3.05, 3.63) is 18.5 Å². The van der Waals surface area contributed by atoms with E-state index < -0.39 is 0 Å². The molecule has 1 aromatic heterocycles. The molecule has 3 heteroatoms. The molecule has 0 radical (unpaired) electrons. The molecule has 2 nitrogen and oxygen atoms in total. The second kappa shape index (κ2) is 2.90. The molecule has 0 bridgehead atoms. The smallest absolute Gasteiger partial charge is 0.123 e.